The summed E-state index contributed by atoms with van der Waals surface area (Å²) in [7, 11) is 0. The van der Waals surface area contributed by atoms with E-state index in [2.05, 4.69) is 16.1 Å². The number of rotatable bonds is 2. The molecular weight excluding hydrogens is 218 g/mol. The van der Waals surface area contributed by atoms with Gasteiger partial charge < -0.3 is 10.6 Å². The van der Waals surface area contributed by atoms with Crippen LogP contribution >= 0.6 is 11.8 Å². The van der Waals surface area contributed by atoms with Gasteiger partial charge in [-0.15, -0.1) is 0 Å². The zero-order valence-corrected chi connectivity index (χ0v) is 8.93. The van der Waals surface area contributed by atoms with E-state index >= 15 is 0 Å². The van der Waals surface area contributed by atoms with Gasteiger partial charge in [-0.2, -0.15) is 11.8 Å². The number of hydrogen-bond acceptors (Lipinski definition) is 5. The molecule has 84 valence electrons. The highest BCUT2D eigenvalue weighted by molar-refractivity contribution is 7.99. The molecule has 2 amide bonds. The van der Waals surface area contributed by atoms with Crippen molar-refractivity contribution in [3.05, 3.63) is 0 Å². The molecule has 1 unspecified atom stereocenters. The summed E-state index contributed by atoms with van der Waals surface area (Å²) in [6.45, 7) is 1.03. The van der Waals surface area contributed by atoms with Crippen molar-refractivity contribution < 1.29 is 14.4 Å². The van der Waals surface area contributed by atoms with E-state index in [0.29, 0.717) is 0 Å². The Labute approximate surface area is 91.4 Å². The molecule has 2 heterocycles. The number of carbonyl (C=O) groups is 2. The highest BCUT2D eigenvalue weighted by Crippen LogP contribution is 2.08. The van der Waals surface area contributed by atoms with Crippen LogP contribution in [0.25, 0.3) is 0 Å². The maximum atomic E-state index is 11.7. The fraction of sp³-hybridized carbons (Fsp3) is 0.750. The Balaban J connectivity index is 1.82. The molecule has 0 aromatic heterocycles. The molecule has 0 saturated carbocycles. The molecule has 2 aliphatic heterocycles. The zero-order valence-electron chi connectivity index (χ0n) is 8.12. The maximum absolute atomic E-state index is 11.7. The molecule has 3 N–H and O–H groups in total. The quantitative estimate of drug-likeness (QED) is 0.524. The van der Waals surface area contributed by atoms with Crippen LogP contribution in [-0.2, 0) is 14.4 Å². The topological polar surface area (TPSA) is 79.5 Å². The molecule has 2 aliphatic rings. The van der Waals surface area contributed by atoms with E-state index in [4.69, 9.17) is 4.84 Å². The first-order valence-corrected chi connectivity index (χ1v) is 5.96. The van der Waals surface area contributed by atoms with Gasteiger partial charge in [-0.05, 0) is 0 Å². The molecule has 0 aromatic carbocycles. The van der Waals surface area contributed by atoms with Crippen LogP contribution in [0.4, 0.5) is 0 Å². The summed E-state index contributed by atoms with van der Waals surface area (Å²) in [4.78, 5) is 27.5. The lowest BCUT2D eigenvalue weighted by atomic mass is 10.2. The molecule has 2 rings (SSSR count). The van der Waals surface area contributed by atoms with E-state index in [1.165, 1.54) is 0 Å². The Kier molecular flexibility index (Phi) is 3.45. The van der Waals surface area contributed by atoms with Crippen LogP contribution in [0.1, 0.15) is 0 Å². The predicted molar refractivity (Wildman–Crippen MR) is 55.1 cm³/mol. The Morgan fingerprint density at radius 3 is 3.07 bits per heavy atom. The minimum absolute atomic E-state index is 0.132. The highest BCUT2D eigenvalue weighted by Gasteiger charge is 2.30. The number of hydrogen-bond donors (Lipinski definition) is 3. The second-order valence-electron chi connectivity index (χ2n) is 3.42. The summed E-state index contributed by atoms with van der Waals surface area (Å²) in [6.07, 6.45) is 0. The molecule has 0 radical (unpaired) electrons. The van der Waals surface area contributed by atoms with Gasteiger partial charge >= 0.3 is 0 Å². The molecule has 2 saturated heterocycles. The first-order chi connectivity index (χ1) is 7.27. The Morgan fingerprint density at radius 1 is 1.60 bits per heavy atom. The molecule has 0 aliphatic carbocycles. The van der Waals surface area contributed by atoms with Crippen molar-refractivity contribution in [3.8, 4) is 0 Å². The van der Waals surface area contributed by atoms with E-state index < -0.39 is 6.04 Å². The molecule has 0 spiro atoms. The van der Waals surface area contributed by atoms with Crippen molar-refractivity contribution in [2.45, 2.75) is 12.1 Å². The largest absolute Gasteiger partial charge is 0.341 e. The molecule has 2 fully saturated rings. The lowest BCUT2D eigenvalue weighted by Crippen LogP contribution is -2.53. The number of amides is 2. The van der Waals surface area contributed by atoms with Crippen LogP contribution in [-0.4, -0.2) is 48.6 Å². The summed E-state index contributed by atoms with van der Waals surface area (Å²) in [5.41, 5.74) is 2.20. The van der Waals surface area contributed by atoms with Crippen molar-refractivity contribution >= 4 is 23.6 Å². The van der Waals surface area contributed by atoms with Crippen molar-refractivity contribution in [3.63, 3.8) is 0 Å². The summed E-state index contributed by atoms with van der Waals surface area (Å²) in [5, 5.41) is 5.75. The third-order valence-corrected chi connectivity index (χ3v) is 3.36. The second-order valence-corrected chi connectivity index (χ2v) is 4.57. The number of hydroxylamine groups is 1. The Bertz CT molecular complexity index is 268. The van der Waals surface area contributed by atoms with Crippen LogP contribution in [0.15, 0.2) is 0 Å². The van der Waals surface area contributed by atoms with Crippen LogP contribution in [0, 0.1) is 0 Å². The second kappa shape index (κ2) is 4.82. The average molecular weight is 231 g/mol. The van der Waals surface area contributed by atoms with Gasteiger partial charge in [-0.25, -0.2) is 5.48 Å². The summed E-state index contributed by atoms with van der Waals surface area (Å²) < 4.78 is 0. The van der Waals surface area contributed by atoms with Gasteiger partial charge in [0, 0.05) is 18.1 Å². The average Bonchev–Trinajstić information content (AvgIpc) is 2.66. The molecule has 0 bridgehead atoms. The fourth-order valence-electron chi connectivity index (χ4n) is 1.46. The fourth-order valence-corrected chi connectivity index (χ4v) is 2.39. The van der Waals surface area contributed by atoms with Crippen LogP contribution in [0.5, 0.6) is 0 Å². The monoisotopic (exact) mass is 231 g/mol. The summed E-state index contributed by atoms with van der Waals surface area (Å²) in [5.74, 6) is 1.36. The predicted octanol–water partition coefficient (Wildman–Crippen LogP) is -1.76. The van der Waals surface area contributed by atoms with Crippen LogP contribution in [0.3, 0.4) is 0 Å². The Hall–Kier alpha value is -0.790. The van der Waals surface area contributed by atoms with Crippen molar-refractivity contribution in [2.75, 3.05) is 24.7 Å². The van der Waals surface area contributed by atoms with E-state index in [9.17, 15) is 9.59 Å². The number of nitrogens with one attached hydrogen (secondary N) is 3. The van der Waals surface area contributed by atoms with Crippen molar-refractivity contribution in [1.82, 2.24) is 16.1 Å². The van der Waals surface area contributed by atoms with Crippen LogP contribution < -0.4 is 16.1 Å². The smallest absolute Gasteiger partial charge is 0.268 e. The van der Waals surface area contributed by atoms with Gasteiger partial charge in [0.05, 0.1) is 6.04 Å². The van der Waals surface area contributed by atoms with Crippen molar-refractivity contribution in [2.24, 2.45) is 0 Å². The van der Waals surface area contributed by atoms with Gasteiger partial charge in [-0.1, -0.05) is 0 Å². The zero-order chi connectivity index (χ0) is 10.7. The lowest BCUT2D eigenvalue weighted by Gasteiger charge is -2.23. The highest BCUT2D eigenvalue weighted by atomic mass is 32.2. The molecule has 6 nitrogen and oxygen atoms in total. The first-order valence-electron chi connectivity index (χ1n) is 4.80. The molecule has 15 heavy (non-hydrogen) atoms. The third-order valence-electron chi connectivity index (χ3n) is 2.29. The third kappa shape index (κ3) is 2.61. The lowest BCUT2D eigenvalue weighted by molar-refractivity contribution is -0.129. The number of carbonyl (C=O) groups excluding carboxylic acids is 2. The van der Waals surface area contributed by atoms with Gasteiger partial charge in [0.15, 0.2) is 0 Å². The van der Waals surface area contributed by atoms with E-state index in [1.807, 2.05) is 0 Å². The minimum atomic E-state index is -0.550. The number of thioether (sulfide) groups is 1. The normalized spacial score (nSPS) is 31.1. The van der Waals surface area contributed by atoms with Crippen LogP contribution in [0.2, 0.25) is 0 Å². The summed E-state index contributed by atoms with van der Waals surface area (Å²) >= 11 is 1.73. The standard InChI is InChI=1S/C8H13N3O3S/c12-7(6-4-15-2-1-9-6)10-5-3-14-11-8(5)13/h5-6,9H,1-4H2,(H,10,12)(H,11,13)/t5-,6?/m1/s1. The van der Waals surface area contributed by atoms with Gasteiger partial charge in [0.1, 0.15) is 12.6 Å². The molecule has 7 heteroatoms. The molecule has 0 aromatic rings. The minimum Gasteiger partial charge on any atom is -0.341 e. The maximum Gasteiger partial charge on any atom is 0.268 e. The van der Waals surface area contributed by atoms with E-state index in [0.717, 1.165) is 18.1 Å². The van der Waals surface area contributed by atoms with Gasteiger partial charge in [0.25, 0.3) is 5.91 Å². The molecular formula is C8H13N3O3S. The first kappa shape index (κ1) is 10.7. The summed E-state index contributed by atoms with van der Waals surface area (Å²) in [6, 6.07) is -0.747. The Morgan fingerprint density at radius 2 is 2.47 bits per heavy atom. The molecule has 2 atom stereocenters. The van der Waals surface area contributed by atoms with E-state index in [1.54, 1.807) is 11.8 Å². The van der Waals surface area contributed by atoms with Gasteiger partial charge in [-0.3, -0.25) is 14.4 Å². The van der Waals surface area contributed by atoms with E-state index in [-0.39, 0.29) is 24.5 Å². The van der Waals surface area contributed by atoms with Crippen molar-refractivity contribution in [1.29, 1.82) is 0 Å². The van der Waals surface area contributed by atoms with Gasteiger partial charge in [0.2, 0.25) is 5.91 Å². The SMILES string of the molecule is O=C(N[C@@H]1CONC1=O)C1CSCCN1.